The van der Waals surface area contributed by atoms with E-state index in [-0.39, 0.29) is 0 Å². The lowest BCUT2D eigenvalue weighted by molar-refractivity contribution is 0.311. The molecule has 0 fully saturated rings. The van der Waals surface area contributed by atoms with Crippen molar-refractivity contribution in [3.8, 4) is 6.01 Å². The summed E-state index contributed by atoms with van der Waals surface area (Å²) in [4.78, 5) is 15.1. The summed E-state index contributed by atoms with van der Waals surface area (Å²) in [6.45, 7) is 12.0. The van der Waals surface area contributed by atoms with Crippen molar-refractivity contribution in [2.24, 2.45) is 11.8 Å². The Labute approximate surface area is 127 Å². The highest BCUT2D eigenvalue weighted by Gasteiger charge is 2.21. The maximum absolute atomic E-state index is 5.45. The molecule has 0 radical (unpaired) electrons. The van der Waals surface area contributed by atoms with Crippen LogP contribution in [0.4, 0.5) is 11.9 Å². The molecule has 0 aliphatic carbocycles. The summed E-state index contributed by atoms with van der Waals surface area (Å²) in [5, 5.41) is 0. The normalized spacial score (nSPS) is 11.0. The van der Waals surface area contributed by atoms with E-state index in [1.165, 1.54) is 0 Å². The number of hydrogen-bond acceptors (Lipinski definition) is 7. The van der Waals surface area contributed by atoms with E-state index in [0.29, 0.717) is 36.5 Å². The summed E-state index contributed by atoms with van der Waals surface area (Å²) in [5.74, 6) is 6.89. The van der Waals surface area contributed by atoms with Crippen LogP contribution in [0.3, 0.4) is 0 Å². The molecule has 1 rings (SSSR count). The van der Waals surface area contributed by atoms with E-state index in [9.17, 15) is 0 Å². The Bertz CT molecular complexity index is 422. The van der Waals surface area contributed by atoms with Crippen LogP contribution in [-0.4, -0.2) is 34.1 Å². The van der Waals surface area contributed by atoms with Gasteiger partial charge in [-0.25, -0.2) is 5.84 Å². The van der Waals surface area contributed by atoms with Gasteiger partial charge >= 0.3 is 6.01 Å². The van der Waals surface area contributed by atoms with Crippen LogP contribution in [0.2, 0.25) is 0 Å². The molecule has 7 nitrogen and oxygen atoms in total. The third-order valence-corrected chi connectivity index (χ3v) is 3.21. The van der Waals surface area contributed by atoms with Gasteiger partial charge in [0.1, 0.15) is 0 Å². The van der Waals surface area contributed by atoms with Gasteiger partial charge in [-0.2, -0.15) is 15.0 Å². The topological polar surface area (TPSA) is 89.2 Å². The lowest BCUT2D eigenvalue weighted by atomic mass is 10.1. The summed E-state index contributed by atoms with van der Waals surface area (Å²) in [5.41, 5.74) is 2.48. The molecule has 120 valence electrons. The summed E-state index contributed by atoms with van der Waals surface area (Å²) in [6.07, 6.45) is 2.06. The van der Waals surface area contributed by atoms with E-state index >= 15 is 0 Å². The van der Waals surface area contributed by atoms with Gasteiger partial charge in [-0.1, -0.05) is 27.7 Å². The zero-order valence-corrected chi connectivity index (χ0v) is 13.8. The van der Waals surface area contributed by atoms with E-state index in [0.717, 1.165) is 19.4 Å². The molecule has 7 heteroatoms. The minimum Gasteiger partial charge on any atom is -0.464 e. The average molecular weight is 296 g/mol. The van der Waals surface area contributed by atoms with Crippen molar-refractivity contribution >= 4 is 11.9 Å². The van der Waals surface area contributed by atoms with E-state index in [4.69, 9.17) is 10.6 Å². The summed E-state index contributed by atoms with van der Waals surface area (Å²) >= 11 is 0. The first-order valence-electron chi connectivity index (χ1n) is 7.67. The first-order valence-corrected chi connectivity index (χ1v) is 7.67. The first kappa shape index (κ1) is 17.4. The molecule has 0 saturated heterocycles. The molecule has 0 aliphatic heterocycles. The minimum absolute atomic E-state index is 0.301. The third kappa shape index (κ3) is 5.00. The number of aromatic nitrogens is 3. The fourth-order valence-corrected chi connectivity index (χ4v) is 2.25. The van der Waals surface area contributed by atoms with Crippen LogP contribution in [0.5, 0.6) is 6.01 Å². The summed E-state index contributed by atoms with van der Waals surface area (Å²) in [7, 11) is 0. The highest BCUT2D eigenvalue weighted by molar-refractivity contribution is 5.39. The SMILES string of the molecule is CCOc1nc(NN)nc(N(CC(C)C)C(CC)CC)n1. The quantitative estimate of drug-likeness (QED) is 0.533. The van der Waals surface area contributed by atoms with Crippen molar-refractivity contribution in [3.63, 3.8) is 0 Å². The van der Waals surface area contributed by atoms with Crippen molar-refractivity contribution in [1.29, 1.82) is 0 Å². The predicted octanol–water partition coefficient (Wildman–Crippen LogP) is 2.21. The third-order valence-electron chi connectivity index (χ3n) is 3.21. The Kier molecular flexibility index (Phi) is 7.14. The van der Waals surface area contributed by atoms with Crippen molar-refractivity contribution in [2.75, 3.05) is 23.5 Å². The Balaban J connectivity index is 3.17. The molecule has 0 aromatic carbocycles. The molecule has 0 aliphatic rings. The zero-order chi connectivity index (χ0) is 15.8. The van der Waals surface area contributed by atoms with Gasteiger partial charge in [0.2, 0.25) is 11.9 Å². The molecular weight excluding hydrogens is 268 g/mol. The Morgan fingerprint density at radius 2 is 1.81 bits per heavy atom. The van der Waals surface area contributed by atoms with Crippen LogP contribution in [0.1, 0.15) is 47.5 Å². The predicted molar refractivity (Wildman–Crippen MR) is 85.4 cm³/mol. The van der Waals surface area contributed by atoms with Gasteiger partial charge in [-0.15, -0.1) is 0 Å². The van der Waals surface area contributed by atoms with Gasteiger partial charge in [0, 0.05) is 12.6 Å². The van der Waals surface area contributed by atoms with Crippen LogP contribution in [-0.2, 0) is 0 Å². The average Bonchev–Trinajstić information content (AvgIpc) is 2.47. The smallest absolute Gasteiger partial charge is 0.323 e. The summed E-state index contributed by atoms with van der Waals surface area (Å²) < 4.78 is 5.41. The van der Waals surface area contributed by atoms with Gasteiger partial charge in [0.05, 0.1) is 6.61 Å². The maximum Gasteiger partial charge on any atom is 0.323 e. The zero-order valence-electron chi connectivity index (χ0n) is 13.8. The van der Waals surface area contributed by atoms with Crippen LogP contribution < -0.4 is 20.9 Å². The molecule has 0 atom stereocenters. The number of hydrazine groups is 1. The first-order chi connectivity index (χ1) is 10.0. The Hall–Kier alpha value is -1.63. The largest absolute Gasteiger partial charge is 0.464 e. The molecule has 0 amide bonds. The molecular formula is C14H28N6O. The monoisotopic (exact) mass is 296 g/mol. The van der Waals surface area contributed by atoms with Gasteiger partial charge in [-0.05, 0) is 25.7 Å². The van der Waals surface area contributed by atoms with Gasteiger partial charge < -0.3 is 9.64 Å². The number of nitrogens with one attached hydrogen (secondary N) is 1. The Morgan fingerprint density at radius 1 is 1.14 bits per heavy atom. The van der Waals surface area contributed by atoms with E-state index in [1.807, 2.05) is 6.92 Å². The highest BCUT2D eigenvalue weighted by atomic mass is 16.5. The number of nitrogens with zero attached hydrogens (tertiary/aromatic N) is 4. The molecule has 21 heavy (non-hydrogen) atoms. The van der Waals surface area contributed by atoms with E-state index in [2.05, 4.69) is 53.0 Å². The lowest BCUT2D eigenvalue weighted by Crippen LogP contribution is -2.39. The summed E-state index contributed by atoms with van der Waals surface area (Å²) in [6, 6.07) is 0.685. The lowest BCUT2D eigenvalue weighted by Gasteiger charge is -2.32. The van der Waals surface area contributed by atoms with Crippen LogP contribution in [0.25, 0.3) is 0 Å². The standard InChI is InChI=1S/C14H28N6O/c1-6-11(7-2)20(9-10(4)5)13-16-12(19-15)17-14(18-13)21-8-3/h10-11H,6-9,15H2,1-5H3,(H,16,17,18,19). The van der Waals surface area contributed by atoms with Crippen LogP contribution in [0.15, 0.2) is 0 Å². The van der Waals surface area contributed by atoms with E-state index in [1.54, 1.807) is 0 Å². The second-order valence-corrected chi connectivity index (χ2v) is 5.34. The molecule has 1 heterocycles. The fraction of sp³-hybridized carbons (Fsp3) is 0.786. The number of ether oxygens (including phenoxy) is 1. The van der Waals surface area contributed by atoms with Gasteiger partial charge in [0.25, 0.3) is 0 Å². The molecule has 1 aromatic heterocycles. The maximum atomic E-state index is 5.45. The molecule has 0 spiro atoms. The number of nitrogens with two attached hydrogens (primary N) is 1. The molecule has 3 N–H and O–H groups in total. The molecule has 0 saturated carbocycles. The molecule has 0 unspecified atom stereocenters. The Morgan fingerprint density at radius 3 is 2.29 bits per heavy atom. The second-order valence-electron chi connectivity index (χ2n) is 5.34. The van der Waals surface area contributed by atoms with Crippen molar-refractivity contribution < 1.29 is 4.74 Å². The number of anilines is 2. The van der Waals surface area contributed by atoms with E-state index < -0.39 is 0 Å². The number of hydrogen-bond donors (Lipinski definition) is 2. The van der Waals surface area contributed by atoms with Crippen molar-refractivity contribution in [1.82, 2.24) is 15.0 Å². The van der Waals surface area contributed by atoms with Crippen LogP contribution in [0, 0.1) is 5.92 Å². The molecule has 1 aromatic rings. The fourth-order valence-electron chi connectivity index (χ4n) is 2.25. The minimum atomic E-state index is 0.301. The second kappa shape index (κ2) is 8.61. The number of rotatable bonds is 9. The number of nitrogen functional groups attached to an aromatic ring is 1. The highest BCUT2D eigenvalue weighted by Crippen LogP contribution is 2.21. The van der Waals surface area contributed by atoms with Crippen molar-refractivity contribution in [3.05, 3.63) is 0 Å². The van der Waals surface area contributed by atoms with Crippen LogP contribution >= 0.6 is 0 Å². The van der Waals surface area contributed by atoms with Gasteiger partial charge in [-0.3, -0.25) is 5.43 Å². The molecule has 0 bridgehead atoms. The van der Waals surface area contributed by atoms with Crippen molar-refractivity contribution in [2.45, 2.75) is 53.5 Å². The van der Waals surface area contributed by atoms with Gasteiger partial charge in [0.15, 0.2) is 0 Å².